The van der Waals surface area contributed by atoms with Crippen molar-refractivity contribution in [3.63, 3.8) is 0 Å². The van der Waals surface area contributed by atoms with Crippen LogP contribution in [0.4, 0.5) is 18.0 Å². The average molecular weight is 791 g/mol. The molecule has 4 amide bonds. The van der Waals surface area contributed by atoms with E-state index in [1.807, 2.05) is 78.9 Å². The number of carboxylic acid groups (broad SMARTS) is 1. The highest BCUT2D eigenvalue weighted by molar-refractivity contribution is 5.94. The lowest BCUT2D eigenvalue weighted by Gasteiger charge is -2.35. The number of benzene rings is 3. The molecule has 7 rings (SSSR count). The van der Waals surface area contributed by atoms with Crippen molar-refractivity contribution in [1.29, 1.82) is 0 Å². The number of unbranched alkanes of at least 4 members (excludes halogenated alkanes) is 1. The van der Waals surface area contributed by atoms with Crippen molar-refractivity contribution in [2.24, 2.45) is 5.73 Å². The summed E-state index contributed by atoms with van der Waals surface area (Å²) < 4.78 is 33.5. The van der Waals surface area contributed by atoms with Gasteiger partial charge in [0.2, 0.25) is 11.8 Å². The van der Waals surface area contributed by atoms with Crippen LogP contribution >= 0.6 is 0 Å². The number of urea groups is 1. The summed E-state index contributed by atoms with van der Waals surface area (Å²) in [6.07, 6.45) is -1.73. The molecule has 2 aliphatic rings. The predicted octanol–water partition coefficient (Wildman–Crippen LogP) is 4.56. The minimum absolute atomic E-state index is 0.0461. The van der Waals surface area contributed by atoms with Gasteiger partial charge in [0.1, 0.15) is 12.1 Å². The maximum atomic E-state index is 14.5. The fourth-order valence-corrected chi connectivity index (χ4v) is 7.56. The summed E-state index contributed by atoms with van der Waals surface area (Å²) >= 11 is 0. The molecule has 14 nitrogen and oxygen atoms in total. The Bertz CT molecular complexity index is 2260. The van der Waals surface area contributed by atoms with Gasteiger partial charge in [-0.25, -0.2) is 14.4 Å². The van der Waals surface area contributed by atoms with Crippen molar-refractivity contribution in [2.45, 2.75) is 75.9 Å². The first-order valence-electron chi connectivity index (χ1n) is 18.8. The second kappa shape index (κ2) is 17.8. The molecule has 0 aliphatic carbocycles. The molecule has 57 heavy (non-hydrogen) atoms. The molecule has 0 spiro atoms. The summed E-state index contributed by atoms with van der Waals surface area (Å²) in [5, 5.41) is 14.2. The van der Waals surface area contributed by atoms with Gasteiger partial charge in [0, 0.05) is 48.7 Å². The van der Waals surface area contributed by atoms with Gasteiger partial charge in [0.25, 0.3) is 0 Å². The van der Waals surface area contributed by atoms with E-state index in [2.05, 4.69) is 20.6 Å². The lowest BCUT2D eigenvalue weighted by molar-refractivity contribution is -0.192. The second-order valence-electron chi connectivity index (χ2n) is 14.1. The fourth-order valence-electron chi connectivity index (χ4n) is 7.56. The van der Waals surface area contributed by atoms with Crippen molar-refractivity contribution < 1.29 is 37.5 Å². The Labute approximate surface area is 325 Å². The van der Waals surface area contributed by atoms with Crippen LogP contribution in [0.2, 0.25) is 0 Å². The monoisotopic (exact) mass is 790 g/mol. The van der Waals surface area contributed by atoms with Crippen molar-refractivity contribution >= 4 is 45.8 Å². The first kappa shape index (κ1) is 40.6. The number of nitrogens with two attached hydrogens (primary N) is 1. The fraction of sp³-hybridized carbons (Fsp3) is 0.375. The summed E-state index contributed by atoms with van der Waals surface area (Å²) in [4.78, 5) is 73.8. The number of carboxylic acids is 1. The first-order chi connectivity index (χ1) is 27.3. The number of likely N-dealkylation sites (tertiary alicyclic amines) is 1. The summed E-state index contributed by atoms with van der Waals surface area (Å²) in [5.41, 5.74) is 11.0. The van der Waals surface area contributed by atoms with Gasteiger partial charge < -0.3 is 41.2 Å². The highest BCUT2D eigenvalue weighted by Gasteiger charge is 2.40. The molecular weight excluding hydrogens is 745 g/mol. The van der Waals surface area contributed by atoms with Crippen molar-refractivity contribution in [3.8, 4) is 0 Å². The number of imidazole rings is 1. The molecule has 0 unspecified atom stereocenters. The molecule has 7 N–H and O–H groups in total. The van der Waals surface area contributed by atoms with E-state index >= 15 is 0 Å². The standard InChI is InChI=1S/C38H44N8O4.C2HF3O2/c39-19-9-8-16-34(35(47)40-23-25-10-2-1-3-11-25)45-24-32-28(27-12-4-5-13-29(27)41-32)22-31(36(45)48)43-37(49)44-20-17-26(18-21-44)46-33-15-7-6-14-30(33)42-38(46)50;3-2(4,5)1(6)7/h1-7,10-15,26,31,34,41H,8-9,16-24,39H2,(H,40,47)(H,42,50)(H,43,49);(H,6,7)/t31-,34+;/m1./s1. The molecule has 5 aromatic rings. The molecule has 2 aromatic heterocycles. The van der Waals surface area contributed by atoms with E-state index in [1.54, 1.807) is 14.4 Å². The molecule has 0 bridgehead atoms. The largest absolute Gasteiger partial charge is 0.490 e. The Morgan fingerprint density at radius 2 is 1.54 bits per heavy atom. The van der Waals surface area contributed by atoms with E-state index in [-0.39, 0.29) is 36.1 Å². The summed E-state index contributed by atoms with van der Waals surface area (Å²) in [6.45, 7) is 1.92. The number of piperidine rings is 1. The van der Waals surface area contributed by atoms with Crippen LogP contribution in [-0.2, 0) is 33.9 Å². The number of H-pyrrole nitrogens is 2. The third kappa shape index (κ3) is 9.48. The van der Waals surface area contributed by atoms with E-state index in [0.29, 0.717) is 58.3 Å². The third-order valence-electron chi connectivity index (χ3n) is 10.4. The number of aromatic nitrogens is 3. The Balaban J connectivity index is 0.000000719. The van der Waals surface area contributed by atoms with Gasteiger partial charge in [-0.2, -0.15) is 13.2 Å². The zero-order valence-corrected chi connectivity index (χ0v) is 31.1. The molecule has 3 aromatic carbocycles. The topological polar surface area (TPSA) is 199 Å². The van der Waals surface area contributed by atoms with Crippen LogP contribution in [0, 0.1) is 0 Å². The Hall–Kier alpha value is -6.10. The van der Waals surface area contributed by atoms with Crippen LogP contribution in [0.25, 0.3) is 21.9 Å². The molecule has 2 atom stereocenters. The molecule has 4 heterocycles. The van der Waals surface area contributed by atoms with Gasteiger partial charge >= 0.3 is 23.9 Å². The van der Waals surface area contributed by atoms with E-state index in [1.165, 1.54) is 0 Å². The molecule has 2 aliphatic heterocycles. The number of amides is 4. The first-order valence-corrected chi connectivity index (χ1v) is 18.8. The molecule has 0 saturated carbocycles. The van der Waals surface area contributed by atoms with Crippen LogP contribution in [0.3, 0.4) is 0 Å². The molecule has 0 radical (unpaired) electrons. The number of nitrogens with zero attached hydrogens (tertiary/aromatic N) is 3. The number of rotatable bonds is 10. The molecule has 1 saturated heterocycles. The number of hydrogen-bond acceptors (Lipinski definition) is 6. The predicted molar refractivity (Wildman–Crippen MR) is 206 cm³/mol. The van der Waals surface area contributed by atoms with Crippen molar-refractivity contribution in [1.82, 2.24) is 35.0 Å². The van der Waals surface area contributed by atoms with Crippen LogP contribution in [-0.4, -0.2) is 91.2 Å². The highest BCUT2D eigenvalue weighted by atomic mass is 19.4. The van der Waals surface area contributed by atoms with Crippen LogP contribution < -0.4 is 22.1 Å². The number of carbonyl (C=O) groups is 4. The summed E-state index contributed by atoms with van der Waals surface area (Å²) in [5.74, 6) is -3.29. The van der Waals surface area contributed by atoms with Gasteiger partial charge in [-0.1, -0.05) is 60.7 Å². The summed E-state index contributed by atoms with van der Waals surface area (Å²) in [6, 6.07) is 23.2. The van der Waals surface area contributed by atoms with Crippen molar-refractivity contribution in [2.75, 3.05) is 19.6 Å². The minimum atomic E-state index is -5.08. The molecule has 302 valence electrons. The number of halogens is 3. The summed E-state index contributed by atoms with van der Waals surface area (Å²) in [7, 11) is 0. The van der Waals surface area contributed by atoms with Gasteiger partial charge in [-0.15, -0.1) is 0 Å². The molecular formula is C40H45F3N8O6. The third-order valence-corrected chi connectivity index (χ3v) is 10.4. The number of nitrogens with one attached hydrogen (secondary N) is 4. The van der Waals surface area contributed by atoms with Gasteiger partial charge in [-0.05, 0) is 68.0 Å². The lowest BCUT2D eigenvalue weighted by Crippen LogP contribution is -2.57. The molecule has 1 fully saturated rings. The zero-order valence-electron chi connectivity index (χ0n) is 31.1. The number of para-hydroxylation sites is 3. The quantitative estimate of drug-likeness (QED) is 0.112. The number of alkyl halides is 3. The zero-order chi connectivity index (χ0) is 40.7. The normalized spacial score (nSPS) is 16.7. The van der Waals surface area contributed by atoms with Gasteiger partial charge in [-0.3, -0.25) is 14.2 Å². The van der Waals surface area contributed by atoms with Crippen LogP contribution in [0.15, 0.2) is 83.7 Å². The number of carbonyl (C=O) groups excluding carboxylic acids is 3. The van der Waals surface area contributed by atoms with E-state index < -0.39 is 24.2 Å². The lowest BCUT2D eigenvalue weighted by atomic mass is 10.0. The second-order valence-corrected chi connectivity index (χ2v) is 14.1. The smallest absolute Gasteiger partial charge is 0.475 e. The van der Waals surface area contributed by atoms with Crippen LogP contribution in [0.5, 0.6) is 0 Å². The Morgan fingerprint density at radius 1 is 0.895 bits per heavy atom. The number of aliphatic carboxylic acids is 1. The number of hydrogen-bond donors (Lipinski definition) is 6. The van der Waals surface area contributed by atoms with E-state index in [9.17, 15) is 32.3 Å². The Kier molecular flexibility index (Phi) is 12.7. The Morgan fingerprint density at radius 3 is 2.23 bits per heavy atom. The maximum Gasteiger partial charge on any atom is 0.490 e. The van der Waals surface area contributed by atoms with Crippen LogP contribution in [0.1, 0.15) is 55.0 Å². The van der Waals surface area contributed by atoms with Crippen molar-refractivity contribution in [3.05, 3.63) is 106 Å². The van der Waals surface area contributed by atoms with Gasteiger partial charge in [0.15, 0.2) is 0 Å². The minimum Gasteiger partial charge on any atom is -0.475 e. The average Bonchev–Trinajstić information content (AvgIpc) is 3.69. The highest BCUT2D eigenvalue weighted by Crippen LogP contribution is 2.30. The van der Waals surface area contributed by atoms with E-state index in [0.717, 1.165) is 45.2 Å². The number of aromatic amines is 2. The SMILES string of the molecule is NCCCC[C@@H](C(=O)NCc1ccccc1)N1Cc2[nH]c3ccccc3c2C[C@@H](NC(=O)N2CCC(n3c(=O)[nH]c4ccccc43)CC2)C1=O.O=C(O)C(F)(F)F. The van der Waals surface area contributed by atoms with Gasteiger partial charge in [0.05, 0.1) is 17.6 Å². The van der Waals surface area contributed by atoms with E-state index in [4.69, 9.17) is 15.6 Å². The maximum absolute atomic E-state index is 14.5. The number of fused-ring (bicyclic) bond motifs is 4. The molecule has 17 heteroatoms.